The minimum absolute atomic E-state index is 0.341. The molecule has 11 heteroatoms. The molecule has 1 aromatic carbocycles. The Hall–Kier alpha value is -4.31. The predicted molar refractivity (Wildman–Crippen MR) is 147 cm³/mol. The second-order valence-corrected chi connectivity index (χ2v) is 9.73. The number of fused-ring (bicyclic) bond motifs is 2. The molecule has 10 nitrogen and oxygen atoms in total. The van der Waals surface area contributed by atoms with Crippen LogP contribution in [-0.4, -0.2) is 55.4 Å². The van der Waals surface area contributed by atoms with E-state index in [0.717, 1.165) is 49.0 Å². The van der Waals surface area contributed by atoms with E-state index in [0.29, 0.717) is 45.7 Å². The van der Waals surface area contributed by atoms with Gasteiger partial charge in [0, 0.05) is 37.4 Å². The summed E-state index contributed by atoms with van der Waals surface area (Å²) in [7, 11) is 2.08. The first kappa shape index (κ1) is 25.3. The third kappa shape index (κ3) is 5.35. The number of carbonyl (C=O) groups is 2. The zero-order chi connectivity index (χ0) is 26.6. The van der Waals surface area contributed by atoms with Crippen molar-refractivity contribution >= 4 is 52.7 Å². The molecule has 0 spiro atoms. The zero-order valence-corrected chi connectivity index (χ0v) is 21.8. The molecule has 38 heavy (non-hydrogen) atoms. The average Bonchev–Trinajstić information content (AvgIpc) is 3.48. The van der Waals surface area contributed by atoms with Crippen molar-refractivity contribution in [2.24, 2.45) is 5.92 Å². The standard InChI is InChI=1S/C27H27ClN8O2/c1-18(4-3-5-23-22(17-38)27-31-24(28)10-12-36(27)33-23)15-34(2)21-8-6-20(7-9-21)30-25-11-13-35-26(32-25)19(16-37)14-29-35/h6-14,16-18H,3-5,15H2,1-2H3,(H,30,32). The summed E-state index contributed by atoms with van der Waals surface area (Å²) in [6, 6.07) is 11.6. The summed E-state index contributed by atoms with van der Waals surface area (Å²) < 4.78 is 3.18. The van der Waals surface area contributed by atoms with Crippen molar-refractivity contribution in [3.05, 3.63) is 77.0 Å². The molecule has 0 saturated carbocycles. The lowest BCUT2D eigenvalue weighted by molar-refractivity contribution is 0.111. The van der Waals surface area contributed by atoms with Crippen LogP contribution in [0, 0.1) is 5.92 Å². The van der Waals surface area contributed by atoms with Crippen LogP contribution in [-0.2, 0) is 6.42 Å². The number of hydrogen-bond donors (Lipinski definition) is 1. The minimum Gasteiger partial charge on any atom is -0.374 e. The number of benzene rings is 1. The van der Waals surface area contributed by atoms with E-state index in [4.69, 9.17) is 11.6 Å². The summed E-state index contributed by atoms with van der Waals surface area (Å²) in [6.45, 7) is 3.12. The van der Waals surface area contributed by atoms with Crippen LogP contribution in [0.5, 0.6) is 0 Å². The van der Waals surface area contributed by atoms with Crippen LogP contribution >= 0.6 is 11.6 Å². The molecule has 0 aliphatic carbocycles. The SMILES string of the molecule is CC(CCCc1nn2ccc(Cl)nc2c1C=O)CN(C)c1ccc(Nc2ccn3ncc(C=O)c3n2)cc1. The van der Waals surface area contributed by atoms with Crippen molar-refractivity contribution in [1.29, 1.82) is 0 Å². The van der Waals surface area contributed by atoms with Crippen LogP contribution in [0.15, 0.2) is 55.0 Å². The van der Waals surface area contributed by atoms with Crippen molar-refractivity contribution in [3.8, 4) is 0 Å². The van der Waals surface area contributed by atoms with Gasteiger partial charge in [0.2, 0.25) is 0 Å². The fourth-order valence-electron chi connectivity index (χ4n) is 4.54. The van der Waals surface area contributed by atoms with Gasteiger partial charge in [-0.1, -0.05) is 18.5 Å². The molecule has 194 valence electrons. The van der Waals surface area contributed by atoms with Gasteiger partial charge in [0.1, 0.15) is 11.0 Å². The highest BCUT2D eigenvalue weighted by atomic mass is 35.5. The van der Waals surface area contributed by atoms with E-state index in [1.54, 1.807) is 27.5 Å². The van der Waals surface area contributed by atoms with Crippen LogP contribution in [0.3, 0.4) is 0 Å². The summed E-state index contributed by atoms with van der Waals surface area (Å²) in [6.07, 6.45) is 9.16. The third-order valence-corrected chi connectivity index (χ3v) is 6.69. The Morgan fingerprint density at radius 1 is 1.03 bits per heavy atom. The van der Waals surface area contributed by atoms with E-state index in [9.17, 15) is 9.59 Å². The maximum atomic E-state index is 11.6. The average molecular weight is 531 g/mol. The van der Waals surface area contributed by atoms with Gasteiger partial charge in [-0.15, -0.1) is 0 Å². The van der Waals surface area contributed by atoms with Crippen molar-refractivity contribution in [1.82, 2.24) is 29.2 Å². The van der Waals surface area contributed by atoms with Gasteiger partial charge in [-0.3, -0.25) is 9.59 Å². The van der Waals surface area contributed by atoms with Gasteiger partial charge in [0.15, 0.2) is 23.9 Å². The topological polar surface area (TPSA) is 110 Å². The number of hydrogen-bond acceptors (Lipinski definition) is 8. The maximum Gasteiger partial charge on any atom is 0.167 e. The summed E-state index contributed by atoms with van der Waals surface area (Å²) in [4.78, 5) is 33.8. The molecule has 0 aliphatic heterocycles. The highest BCUT2D eigenvalue weighted by Gasteiger charge is 2.15. The monoisotopic (exact) mass is 530 g/mol. The largest absolute Gasteiger partial charge is 0.374 e. The second kappa shape index (κ2) is 11.0. The predicted octanol–water partition coefficient (Wildman–Crippen LogP) is 4.89. The third-order valence-electron chi connectivity index (χ3n) is 6.48. The first-order chi connectivity index (χ1) is 18.4. The van der Waals surface area contributed by atoms with Crippen LogP contribution in [0.4, 0.5) is 17.2 Å². The molecule has 0 saturated heterocycles. The Labute approximate surface area is 224 Å². The van der Waals surface area contributed by atoms with Crippen molar-refractivity contribution in [2.45, 2.75) is 26.2 Å². The van der Waals surface area contributed by atoms with E-state index in [2.05, 4.69) is 56.5 Å². The zero-order valence-electron chi connectivity index (χ0n) is 21.1. The quantitative estimate of drug-likeness (QED) is 0.190. The van der Waals surface area contributed by atoms with Crippen LogP contribution < -0.4 is 10.2 Å². The Balaban J connectivity index is 1.14. The fourth-order valence-corrected chi connectivity index (χ4v) is 4.68. The molecule has 0 amide bonds. The maximum absolute atomic E-state index is 11.6. The Kier molecular flexibility index (Phi) is 7.32. The number of nitrogens with zero attached hydrogens (tertiary/aromatic N) is 7. The number of nitrogens with one attached hydrogen (secondary N) is 1. The molecule has 0 bridgehead atoms. The van der Waals surface area contributed by atoms with Crippen molar-refractivity contribution < 1.29 is 9.59 Å². The number of anilines is 3. The Morgan fingerprint density at radius 3 is 2.58 bits per heavy atom. The van der Waals surface area contributed by atoms with Gasteiger partial charge in [0.05, 0.1) is 23.0 Å². The number of aryl methyl sites for hydroxylation is 1. The van der Waals surface area contributed by atoms with Gasteiger partial charge < -0.3 is 10.2 Å². The molecule has 5 aromatic rings. The van der Waals surface area contributed by atoms with E-state index in [1.807, 2.05) is 18.2 Å². The van der Waals surface area contributed by atoms with E-state index >= 15 is 0 Å². The summed E-state index contributed by atoms with van der Waals surface area (Å²) in [5.41, 5.74) is 4.73. The lowest BCUT2D eigenvalue weighted by Crippen LogP contribution is -2.24. The Bertz CT molecular complexity index is 1590. The number of halogens is 1. The lowest BCUT2D eigenvalue weighted by atomic mass is 10.0. The number of aldehydes is 2. The van der Waals surface area contributed by atoms with Gasteiger partial charge >= 0.3 is 0 Å². The van der Waals surface area contributed by atoms with Gasteiger partial charge in [-0.05, 0) is 61.6 Å². The van der Waals surface area contributed by atoms with E-state index in [1.165, 1.54) is 6.20 Å². The molecule has 4 aromatic heterocycles. The van der Waals surface area contributed by atoms with Crippen LogP contribution in [0.25, 0.3) is 11.3 Å². The summed E-state index contributed by atoms with van der Waals surface area (Å²) in [5.74, 6) is 1.08. The molecule has 1 N–H and O–H groups in total. The van der Waals surface area contributed by atoms with Crippen molar-refractivity contribution in [2.75, 3.05) is 23.8 Å². The fraction of sp³-hybridized carbons (Fsp3) is 0.259. The molecular formula is C27H27ClN8O2. The molecular weight excluding hydrogens is 504 g/mol. The molecule has 0 radical (unpaired) electrons. The van der Waals surface area contributed by atoms with Gasteiger partial charge in [0.25, 0.3) is 0 Å². The van der Waals surface area contributed by atoms with Crippen molar-refractivity contribution in [3.63, 3.8) is 0 Å². The molecule has 1 unspecified atom stereocenters. The van der Waals surface area contributed by atoms with Crippen LogP contribution in [0.1, 0.15) is 46.2 Å². The van der Waals surface area contributed by atoms with E-state index in [-0.39, 0.29) is 0 Å². The Morgan fingerprint density at radius 2 is 1.82 bits per heavy atom. The number of rotatable bonds is 11. The second-order valence-electron chi connectivity index (χ2n) is 9.35. The smallest absolute Gasteiger partial charge is 0.167 e. The van der Waals surface area contributed by atoms with Gasteiger partial charge in [-0.25, -0.2) is 19.0 Å². The highest BCUT2D eigenvalue weighted by molar-refractivity contribution is 6.29. The molecule has 5 rings (SSSR count). The normalized spacial score (nSPS) is 12.1. The first-order valence-electron chi connectivity index (χ1n) is 12.3. The lowest BCUT2D eigenvalue weighted by Gasteiger charge is -2.24. The number of aromatic nitrogens is 6. The molecule has 4 heterocycles. The van der Waals surface area contributed by atoms with E-state index < -0.39 is 0 Å². The van der Waals surface area contributed by atoms with Gasteiger partial charge in [-0.2, -0.15) is 10.2 Å². The number of carbonyl (C=O) groups excluding carboxylic acids is 2. The molecule has 1 atom stereocenters. The summed E-state index contributed by atoms with van der Waals surface area (Å²) >= 11 is 5.98. The molecule has 0 aliphatic rings. The van der Waals surface area contributed by atoms with Crippen LogP contribution in [0.2, 0.25) is 5.15 Å². The molecule has 0 fully saturated rings. The summed E-state index contributed by atoms with van der Waals surface area (Å²) in [5, 5.41) is 12.2. The minimum atomic E-state index is 0.341. The first-order valence-corrected chi connectivity index (χ1v) is 12.7. The highest BCUT2D eigenvalue weighted by Crippen LogP contribution is 2.23.